The van der Waals surface area contributed by atoms with Gasteiger partial charge in [-0.25, -0.2) is 0 Å². The van der Waals surface area contributed by atoms with E-state index in [-0.39, 0.29) is 0 Å². The fraction of sp³-hybridized carbons (Fsp3) is 0.692. The summed E-state index contributed by atoms with van der Waals surface area (Å²) in [7, 11) is 0. The standard InChI is InChI=1S/C9H18N2.2C2H6/c1-3-4-6-9(2)7-5-8-11-10;2*1-2/h4,6,11H,2-3,5,7-8,10H2,1H3;2*1-2H3/b6-4-;;. The maximum Gasteiger partial charge on any atom is 0.0101 e. The summed E-state index contributed by atoms with van der Waals surface area (Å²) in [6.45, 7) is 14.9. The van der Waals surface area contributed by atoms with Gasteiger partial charge in [0, 0.05) is 6.54 Å². The first-order chi connectivity index (χ1) is 7.31. The zero-order valence-electron chi connectivity index (χ0n) is 11.3. The van der Waals surface area contributed by atoms with Crippen LogP contribution in [0.5, 0.6) is 0 Å². The number of hydrazine groups is 1. The van der Waals surface area contributed by atoms with E-state index in [1.807, 2.05) is 27.7 Å². The van der Waals surface area contributed by atoms with Gasteiger partial charge < -0.3 is 0 Å². The summed E-state index contributed by atoms with van der Waals surface area (Å²) in [5.74, 6) is 5.12. The first kappa shape index (κ1) is 19.9. The van der Waals surface area contributed by atoms with Crippen molar-refractivity contribution in [1.82, 2.24) is 5.43 Å². The molecule has 0 saturated heterocycles. The molecule has 0 rings (SSSR count). The Balaban J connectivity index is -0.000000318. The average molecular weight is 214 g/mol. The molecule has 0 aliphatic heterocycles. The number of hydrogen-bond donors (Lipinski definition) is 2. The van der Waals surface area contributed by atoms with Gasteiger partial charge in [0.05, 0.1) is 0 Å². The second kappa shape index (κ2) is 23.3. The van der Waals surface area contributed by atoms with E-state index in [0.717, 1.165) is 25.8 Å². The smallest absolute Gasteiger partial charge is 0.0101 e. The summed E-state index contributed by atoms with van der Waals surface area (Å²) in [5, 5.41) is 0. The molecule has 0 saturated carbocycles. The van der Waals surface area contributed by atoms with Crippen LogP contribution in [0, 0.1) is 0 Å². The summed E-state index contributed by atoms with van der Waals surface area (Å²) in [6, 6.07) is 0. The van der Waals surface area contributed by atoms with Crippen LogP contribution in [0.15, 0.2) is 24.3 Å². The third-order valence-electron chi connectivity index (χ3n) is 1.41. The summed E-state index contributed by atoms with van der Waals surface area (Å²) >= 11 is 0. The molecule has 0 radical (unpaired) electrons. The monoisotopic (exact) mass is 214 g/mol. The van der Waals surface area contributed by atoms with E-state index in [9.17, 15) is 0 Å². The van der Waals surface area contributed by atoms with E-state index in [0.29, 0.717) is 0 Å². The molecule has 0 aromatic carbocycles. The van der Waals surface area contributed by atoms with Crippen LogP contribution in [0.3, 0.4) is 0 Å². The highest BCUT2D eigenvalue weighted by molar-refractivity contribution is 5.13. The molecule has 0 aliphatic rings. The minimum Gasteiger partial charge on any atom is -0.271 e. The maximum absolute atomic E-state index is 5.12. The van der Waals surface area contributed by atoms with Crippen LogP contribution in [0.1, 0.15) is 53.9 Å². The molecule has 0 spiro atoms. The number of allylic oxidation sites excluding steroid dienone is 3. The van der Waals surface area contributed by atoms with Gasteiger partial charge in [-0.1, -0.05) is 58.9 Å². The Kier molecular flexibility index (Phi) is 30.9. The number of rotatable bonds is 6. The van der Waals surface area contributed by atoms with Crippen LogP contribution in [0.2, 0.25) is 0 Å². The summed E-state index contributed by atoms with van der Waals surface area (Å²) in [5.41, 5.74) is 3.80. The minimum atomic E-state index is 0.860. The molecule has 0 unspecified atom stereocenters. The zero-order chi connectivity index (χ0) is 12.5. The van der Waals surface area contributed by atoms with Gasteiger partial charge in [-0.3, -0.25) is 11.3 Å². The summed E-state index contributed by atoms with van der Waals surface area (Å²) < 4.78 is 0. The first-order valence-corrected chi connectivity index (χ1v) is 6.09. The van der Waals surface area contributed by atoms with Crippen molar-refractivity contribution in [2.75, 3.05) is 6.54 Å². The van der Waals surface area contributed by atoms with Gasteiger partial charge in [-0.05, 0) is 19.3 Å². The van der Waals surface area contributed by atoms with Crippen LogP contribution < -0.4 is 11.3 Å². The van der Waals surface area contributed by atoms with Gasteiger partial charge in [-0.15, -0.1) is 0 Å². The number of nitrogens with two attached hydrogens (primary N) is 1. The van der Waals surface area contributed by atoms with Gasteiger partial charge in [0.15, 0.2) is 0 Å². The molecule has 3 N–H and O–H groups in total. The fourth-order valence-corrected chi connectivity index (χ4v) is 0.785. The fourth-order valence-electron chi connectivity index (χ4n) is 0.785. The molecule has 0 aliphatic carbocycles. The second-order valence-electron chi connectivity index (χ2n) is 2.53. The maximum atomic E-state index is 5.12. The Bertz CT molecular complexity index is 128. The Morgan fingerprint density at radius 2 is 1.80 bits per heavy atom. The predicted octanol–water partition coefficient (Wildman–Crippen LogP) is 3.80. The Morgan fingerprint density at radius 1 is 1.27 bits per heavy atom. The second-order valence-corrected chi connectivity index (χ2v) is 2.53. The van der Waals surface area contributed by atoms with Crippen molar-refractivity contribution in [3.05, 3.63) is 24.3 Å². The molecule has 2 nitrogen and oxygen atoms in total. The highest BCUT2D eigenvalue weighted by Crippen LogP contribution is 2.03. The van der Waals surface area contributed by atoms with Gasteiger partial charge in [0.25, 0.3) is 0 Å². The molecule has 0 amide bonds. The molecule has 0 bridgehead atoms. The van der Waals surface area contributed by atoms with Gasteiger partial charge >= 0.3 is 0 Å². The van der Waals surface area contributed by atoms with Crippen LogP contribution in [-0.2, 0) is 0 Å². The van der Waals surface area contributed by atoms with Crippen LogP contribution >= 0.6 is 0 Å². The van der Waals surface area contributed by atoms with E-state index < -0.39 is 0 Å². The SMILES string of the molecule is C=C(/C=C\CC)CCCNN.CC.CC. The Hall–Kier alpha value is -0.600. The van der Waals surface area contributed by atoms with Gasteiger partial charge in [0.1, 0.15) is 0 Å². The van der Waals surface area contributed by atoms with Crippen molar-refractivity contribution < 1.29 is 0 Å². The lowest BCUT2D eigenvalue weighted by molar-refractivity contribution is 0.681. The van der Waals surface area contributed by atoms with Crippen LogP contribution in [0.25, 0.3) is 0 Å². The van der Waals surface area contributed by atoms with Crippen molar-refractivity contribution in [2.24, 2.45) is 5.84 Å². The molecule has 0 heterocycles. The van der Waals surface area contributed by atoms with Gasteiger partial charge in [-0.2, -0.15) is 0 Å². The Labute approximate surface area is 96.6 Å². The topological polar surface area (TPSA) is 38.0 Å². The average Bonchev–Trinajstić information content (AvgIpc) is 2.32. The number of hydrogen-bond acceptors (Lipinski definition) is 2. The first-order valence-electron chi connectivity index (χ1n) is 6.09. The van der Waals surface area contributed by atoms with Crippen LogP contribution in [-0.4, -0.2) is 6.54 Å². The lowest BCUT2D eigenvalue weighted by atomic mass is 10.1. The van der Waals surface area contributed by atoms with E-state index in [4.69, 9.17) is 5.84 Å². The van der Waals surface area contributed by atoms with Crippen molar-refractivity contribution in [2.45, 2.75) is 53.9 Å². The Morgan fingerprint density at radius 3 is 2.20 bits per heavy atom. The summed E-state index contributed by atoms with van der Waals surface area (Å²) in [6.07, 6.45) is 7.37. The van der Waals surface area contributed by atoms with Crippen molar-refractivity contribution in [3.63, 3.8) is 0 Å². The molecule has 0 atom stereocenters. The largest absolute Gasteiger partial charge is 0.271 e. The van der Waals surface area contributed by atoms with Crippen molar-refractivity contribution in [1.29, 1.82) is 0 Å². The van der Waals surface area contributed by atoms with Crippen molar-refractivity contribution >= 4 is 0 Å². The summed E-state index contributed by atoms with van der Waals surface area (Å²) in [4.78, 5) is 0. The molecule has 2 heteroatoms. The lowest BCUT2D eigenvalue weighted by Crippen LogP contribution is -2.22. The predicted molar refractivity (Wildman–Crippen MR) is 72.7 cm³/mol. The van der Waals surface area contributed by atoms with E-state index in [2.05, 4.69) is 31.1 Å². The van der Waals surface area contributed by atoms with Gasteiger partial charge in [0.2, 0.25) is 0 Å². The third-order valence-corrected chi connectivity index (χ3v) is 1.41. The molecular weight excluding hydrogens is 184 g/mol. The van der Waals surface area contributed by atoms with E-state index in [1.165, 1.54) is 5.57 Å². The molecular formula is C13H30N2. The molecule has 92 valence electrons. The minimum absolute atomic E-state index is 0.860. The molecule has 0 aromatic rings. The number of nitrogens with one attached hydrogen (secondary N) is 1. The van der Waals surface area contributed by atoms with E-state index in [1.54, 1.807) is 0 Å². The molecule has 0 fully saturated rings. The van der Waals surface area contributed by atoms with Crippen molar-refractivity contribution in [3.8, 4) is 0 Å². The highest BCUT2D eigenvalue weighted by Gasteiger charge is 1.87. The van der Waals surface area contributed by atoms with Crippen LogP contribution in [0.4, 0.5) is 0 Å². The lowest BCUT2D eigenvalue weighted by Gasteiger charge is -1.98. The highest BCUT2D eigenvalue weighted by atomic mass is 15.2. The molecule has 15 heavy (non-hydrogen) atoms. The van der Waals surface area contributed by atoms with E-state index >= 15 is 0 Å². The quantitative estimate of drug-likeness (QED) is 0.305. The normalized spacial score (nSPS) is 8.67. The zero-order valence-corrected chi connectivity index (χ0v) is 11.3. The third kappa shape index (κ3) is 24.7. The molecule has 0 aromatic heterocycles.